The lowest BCUT2D eigenvalue weighted by atomic mass is 9.89. The van der Waals surface area contributed by atoms with Crippen LogP contribution in [0.3, 0.4) is 0 Å². The van der Waals surface area contributed by atoms with Crippen molar-refractivity contribution in [2.45, 2.75) is 31.6 Å². The van der Waals surface area contributed by atoms with Crippen LogP contribution in [0.2, 0.25) is 10.0 Å². The highest BCUT2D eigenvalue weighted by Crippen LogP contribution is 2.35. The molecule has 7 nitrogen and oxygen atoms in total. The van der Waals surface area contributed by atoms with Gasteiger partial charge in [-0.1, -0.05) is 29.3 Å². The number of hydrogen-bond acceptors (Lipinski definition) is 5. The Labute approximate surface area is 183 Å². The van der Waals surface area contributed by atoms with E-state index in [0.29, 0.717) is 46.5 Å². The molecule has 0 radical (unpaired) electrons. The van der Waals surface area contributed by atoms with E-state index >= 15 is 0 Å². The standard InChI is InChI=1S/C21H21Cl2N3O4/c1-28-12-29-11-14-5-6-16(20-24-7-8-26(14)20)21(27)25-13-9-15(10-13)30-18-4-2-3-17(22)19(18)23/h2-8,13,15H,9-12H2,1H3,(H,25,27)/t13-,15-. The number of fused-ring (bicyclic) bond motifs is 1. The van der Waals surface area contributed by atoms with Gasteiger partial charge in [0.1, 0.15) is 29.3 Å². The average Bonchev–Trinajstić information content (AvgIpc) is 3.20. The monoisotopic (exact) mass is 449 g/mol. The van der Waals surface area contributed by atoms with Crippen molar-refractivity contribution in [3.63, 3.8) is 0 Å². The summed E-state index contributed by atoms with van der Waals surface area (Å²) in [5, 5.41) is 3.91. The molecule has 0 unspecified atom stereocenters. The van der Waals surface area contributed by atoms with Crippen LogP contribution in [0.5, 0.6) is 5.75 Å². The number of amides is 1. The van der Waals surface area contributed by atoms with Crippen LogP contribution < -0.4 is 10.1 Å². The van der Waals surface area contributed by atoms with Crippen LogP contribution in [-0.4, -0.2) is 41.3 Å². The summed E-state index contributed by atoms with van der Waals surface area (Å²) < 4.78 is 18.1. The molecule has 0 aliphatic heterocycles. The number of halogens is 2. The van der Waals surface area contributed by atoms with Crippen molar-refractivity contribution in [3.05, 3.63) is 64.0 Å². The second-order valence-electron chi connectivity index (χ2n) is 7.05. The SMILES string of the molecule is COCOCc1ccc(C(=O)N[C@H]2C[C@H](Oc3cccc(Cl)c3Cl)C2)c2nccn12. The van der Waals surface area contributed by atoms with Gasteiger partial charge in [0, 0.05) is 38.4 Å². The lowest BCUT2D eigenvalue weighted by molar-refractivity contribution is -0.0403. The van der Waals surface area contributed by atoms with Crippen LogP contribution in [0.15, 0.2) is 42.7 Å². The van der Waals surface area contributed by atoms with Crippen molar-refractivity contribution in [1.82, 2.24) is 14.7 Å². The van der Waals surface area contributed by atoms with Gasteiger partial charge in [0.25, 0.3) is 5.91 Å². The molecule has 1 aliphatic carbocycles. The van der Waals surface area contributed by atoms with Gasteiger partial charge < -0.3 is 23.9 Å². The van der Waals surface area contributed by atoms with Crippen LogP contribution in [0.4, 0.5) is 0 Å². The van der Waals surface area contributed by atoms with E-state index in [4.69, 9.17) is 37.4 Å². The number of carbonyl (C=O) groups excluding carboxylic acids is 1. The Kier molecular flexibility index (Phi) is 6.43. The van der Waals surface area contributed by atoms with E-state index < -0.39 is 0 Å². The van der Waals surface area contributed by atoms with Crippen molar-refractivity contribution in [2.24, 2.45) is 0 Å². The third kappa shape index (κ3) is 4.39. The Bertz CT molecular complexity index is 1050. The molecule has 158 valence electrons. The van der Waals surface area contributed by atoms with Crippen LogP contribution >= 0.6 is 23.2 Å². The Morgan fingerprint density at radius 2 is 2.10 bits per heavy atom. The van der Waals surface area contributed by atoms with Gasteiger partial charge in [0.2, 0.25) is 0 Å². The number of imidazole rings is 1. The molecule has 0 atom stereocenters. The van der Waals surface area contributed by atoms with Crippen molar-refractivity contribution < 1.29 is 19.0 Å². The minimum atomic E-state index is -0.167. The second kappa shape index (κ2) is 9.22. The van der Waals surface area contributed by atoms with Gasteiger partial charge >= 0.3 is 0 Å². The molecule has 1 N–H and O–H groups in total. The topological polar surface area (TPSA) is 74.1 Å². The van der Waals surface area contributed by atoms with Crippen LogP contribution in [0.1, 0.15) is 28.9 Å². The smallest absolute Gasteiger partial charge is 0.255 e. The van der Waals surface area contributed by atoms with E-state index in [0.717, 1.165) is 5.69 Å². The zero-order chi connectivity index (χ0) is 21.1. The van der Waals surface area contributed by atoms with Crippen molar-refractivity contribution in [1.29, 1.82) is 0 Å². The first-order valence-electron chi connectivity index (χ1n) is 9.50. The fraction of sp³-hybridized carbons (Fsp3) is 0.333. The lowest BCUT2D eigenvalue weighted by Crippen LogP contribution is -2.49. The zero-order valence-electron chi connectivity index (χ0n) is 16.3. The molecule has 0 saturated heterocycles. The number of aromatic nitrogens is 2. The minimum Gasteiger partial charge on any atom is -0.489 e. The summed E-state index contributed by atoms with van der Waals surface area (Å²) in [5.41, 5.74) is 1.98. The molecule has 1 saturated carbocycles. The Morgan fingerprint density at radius 3 is 2.90 bits per heavy atom. The number of methoxy groups -OCH3 is 1. The molecule has 0 spiro atoms. The van der Waals surface area contributed by atoms with Gasteiger partial charge in [-0.25, -0.2) is 4.98 Å². The van der Waals surface area contributed by atoms with E-state index in [2.05, 4.69) is 10.3 Å². The first-order chi connectivity index (χ1) is 14.6. The molecule has 1 aromatic carbocycles. The first kappa shape index (κ1) is 20.9. The predicted octanol–water partition coefficient (Wildman–Crippen LogP) is 4.10. The highest BCUT2D eigenvalue weighted by atomic mass is 35.5. The third-order valence-corrected chi connectivity index (χ3v) is 5.77. The number of benzene rings is 1. The van der Waals surface area contributed by atoms with E-state index in [1.807, 2.05) is 10.5 Å². The summed E-state index contributed by atoms with van der Waals surface area (Å²) in [7, 11) is 1.57. The Hall–Kier alpha value is -2.32. The summed E-state index contributed by atoms with van der Waals surface area (Å²) >= 11 is 12.2. The maximum atomic E-state index is 12.8. The van der Waals surface area contributed by atoms with Crippen LogP contribution in [-0.2, 0) is 16.1 Å². The van der Waals surface area contributed by atoms with Crippen molar-refractivity contribution in [2.75, 3.05) is 13.9 Å². The maximum absolute atomic E-state index is 12.8. The number of ether oxygens (including phenoxy) is 3. The number of nitrogens with zero attached hydrogens (tertiary/aromatic N) is 2. The number of carbonyl (C=O) groups is 1. The molecule has 1 fully saturated rings. The normalized spacial score (nSPS) is 18.2. The number of nitrogens with one attached hydrogen (secondary N) is 1. The summed E-state index contributed by atoms with van der Waals surface area (Å²) in [5.74, 6) is 0.393. The molecule has 4 rings (SSSR count). The summed E-state index contributed by atoms with van der Waals surface area (Å²) in [6.07, 6.45) is 4.84. The minimum absolute atomic E-state index is 0.0157. The number of pyridine rings is 1. The highest BCUT2D eigenvalue weighted by Gasteiger charge is 2.33. The molecule has 3 aromatic rings. The number of rotatable bonds is 8. The molecule has 0 bridgehead atoms. The molecule has 30 heavy (non-hydrogen) atoms. The van der Waals surface area contributed by atoms with Gasteiger partial charge in [0.05, 0.1) is 22.9 Å². The predicted molar refractivity (Wildman–Crippen MR) is 113 cm³/mol. The first-order valence-corrected chi connectivity index (χ1v) is 10.3. The van der Waals surface area contributed by atoms with Gasteiger partial charge in [-0.3, -0.25) is 4.79 Å². The van der Waals surface area contributed by atoms with Gasteiger partial charge in [-0.05, 0) is 24.3 Å². The average molecular weight is 450 g/mol. The molecular formula is C21H21Cl2N3O4. The van der Waals surface area contributed by atoms with E-state index in [1.165, 1.54) is 0 Å². The van der Waals surface area contributed by atoms with Gasteiger partial charge in [-0.15, -0.1) is 0 Å². The highest BCUT2D eigenvalue weighted by molar-refractivity contribution is 6.42. The quantitative estimate of drug-likeness (QED) is 0.413. The largest absolute Gasteiger partial charge is 0.489 e. The second-order valence-corrected chi connectivity index (χ2v) is 7.83. The summed E-state index contributed by atoms with van der Waals surface area (Å²) in [4.78, 5) is 17.1. The van der Waals surface area contributed by atoms with Crippen molar-refractivity contribution >= 4 is 34.8 Å². The molecule has 1 amide bonds. The fourth-order valence-corrected chi connectivity index (χ4v) is 3.73. The molecule has 2 aromatic heterocycles. The van der Waals surface area contributed by atoms with Crippen LogP contribution in [0, 0.1) is 0 Å². The van der Waals surface area contributed by atoms with E-state index in [1.54, 1.807) is 43.8 Å². The summed E-state index contributed by atoms with van der Waals surface area (Å²) in [6.45, 7) is 0.556. The van der Waals surface area contributed by atoms with Crippen LogP contribution in [0.25, 0.3) is 5.65 Å². The molecular weight excluding hydrogens is 429 g/mol. The van der Waals surface area contributed by atoms with E-state index in [9.17, 15) is 4.79 Å². The molecule has 9 heteroatoms. The number of hydrogen-bond donors (Lipinski definition) is 1. The Morgan fingerprint density at radius 1 is 1.27 bits per heavy atom. The molecule has 2 heterocycles. The van der Waals surface area contributed by atoms with Gasteiger partial charge in [0.15, 0.2) is 0 Å². The van der Waals surface area contributed by atoms with Gasteiger partial charge in [-0.2, -0.15) is 0 Å². The van der Waals surface area contributed by atoms with E-state index in [-0.39, 0.29) is 24.8 Å². The Balaban J connectivity index is 1.36. The lowest BCUT2D eigenvalue weighted by Gasteiger charge is -2.36. The van der Waals surface area contributed by atoms with Crippen molar-refractivity contribution in [3.8, 4) is 5.75 Å². The zero-order valence-corrected chi connectivity index (χ0v) is 17.8. The molecule has 1 aliphatic rings. The maximum Gasteiger partial charge on any atom is 0.255 e. The summed E-state index contributed by atoms with van der Waals surface area (Å²) in [6, 6.07) is 8.94. The third-order valence-electron chi connectivity index (χ3n) is 4.97. The fourth-order valence-electron chi connectivity index (χ4n) is 3.39.